The van der Waals surface area contributed by atoms with Crippen molar-refractivity contribution < 1.29 is 0 Å². The Kier molecular flexibility index (Phi) is 11.0. The summed E-state index contributed by atoms with van der Waals surface area (Å²) < 4.78 is 2.59. The minimum absolute atomic E-state index is 0.899. The van der Waals surface area contributed by atoms with Crippen molar-refractivity contribution >= 4 is 83.0 Å². The largest absolute Gasteiger partial charge is 0.310 e. The maximum absolute atomic E-state index is 4.54. The van der Waals surface area contributed by atoms with Crippen molar-refractivity contribution in [2.24, 2.45) is 0 Å². The van der Waals surface area contributed by atoms with Crippen LogP contribution in [0, 0.1) is 0 Å². The first kappa shape index (κ1) is 40.2. The van der Waals surface area contributed by atoms with Crippen molar-refractivity contribution in [2.45, 2.75) is 4.90 Å². The number of para-hydroxylation sites is 1. The van der Waals surface area contributed by atoms with Gasteiger partial charge in [-0.25, -0.2) is 0 Å². The van der Waals surface area contributed by atoms with Gasteiger partial charge >= 0.3 is 0 Å². The molecule has 0 aliphatic carbocycles. The molecule has 310 valence electrons. The molecular weight excluding hydrogens is 825 g/mol. The predicted molar refractivity (Wildman–Crippen MR) is 283 cm³/mol. The van der Waals surface area contributed by atoms with E-state index in [4.69, 9.17) is 0 Å². The molecule has 1 aliphatic heterocycles. The first-order valence-electron chi connectivity index (χ1n) is 22.0. The van der Waals surface area contributed by atoms with Crippen LogP contribution < -0.4 is 9.80 Å². The second-order valence-electron chi connectivity index (χ2n) is 16.2. The van der Waals surface area contributed by atoms with E-state index < -0.39 is 0 Å². The lowest BCUT2D eigenvalue weighted by molar-refractivity contribution is 1.24. The van der Waals surface area contributed by atoms with Gasteiger partial charge in [0.05, 0.1) is 0 Å². The Morgan fingerprint density at radius 2 is 0.892 bits per heavy atom. The number of thioether (sulfide) groups is 1. The van der Waals surface area contributed by atoms with Crippen LogP contribution >= 0.6 is 23.1 Å². The number of nitrogens with zero attached hydrogens (tertiary/aromatic N) is 2. The van der Waals surface area contributed by atoms with E-state index in [-0.39, 0.29) is 0 Å². The average molecular weight is 869 g/mol. The van der Waals surface area contributed by atoms with Crippen molar-refractivity contribution in [1.82, 2.24) is 0 Å². The van der Waals surface area contributed by atoms with Gasteiger partial charge in [0.2, 0.25) is 0 Å². The zero-order chi connectivity index (χ0) is 43.5. The molecule has 0 saturated heterocycles. The maximum atomic E-state index is 4.54. The van der Waals surface area contributed by atoms with E-state index in [1.165, 1.54) is 47.3 Å². The summed E-state index contributed by atoms with van der Waals surface area (Å²) in [5.41, 5.74) is 15.5. The molecule has 0 amide bonds. The van der Waals surface area contributed by atoms with E-state index in [2.05, 4.69) is 259 Å². The normalized spacial score (nSPS) is 13.4. The SMILES string of the molecule is C=C1/C=C\C=C/CSc2ccc(N(c3ccccc3)c3cc(-c4ccc5sc6ccccc6c5c4)cc(N(c4ccc(-c5ccccc5)cc4)c4ccc(-c5ccccc5)cc4)c3)cc21. The molecule has 2 heterocycles. The van der Waals surface area contributed by atoms with Gasteiger partial charge in [-0.2, -0.15) is 0 Å². The monoisotopic (exact) mass is 868 g/mol. The van der Waals surface area contributed by atoms with Crippen LogP contribution in [-0.4, -0.2) is 5.75 Å². The summed E-state index contributed by atoms with van der Waals surface area (Å²) >= 11 is 3.69. The third-order valence-electron chi connectivity index (χ3n) is 12.1. The molecule has 11 rings (SSSR count). The number of fused-ring (bicyclic) bond motifs is 4. The smallest absolute Gasteiger partial charge is 0.0488 e. The average Bonchev–Trinajstić information content (AvgIpc) is 3.78. The van der Waals surface area contributed by atoms with Crippen LogP contribution in [0.1, 0.15) is 5.56 Å². The van der Waals surface area contributed by atoms with E-state index in [0.717, 1.165) is 62.1 Å². The fourth-order valence-corrected chi connectivity index (χ4v) is 10.8. The molecule has 1 aliphatic rings. The topological polar surface area (TPSA) is 6.48 Å². The second-order valence-corrected chi connectivity index (χ2v) is 18.3. The van der Waals surface area contributed by atoms with Gasteiger partial charge in [0.15, 0.2) is 0 Å². The van der Waals surface area contributed by atoms with Gasteiger partial charge in [-0.1, -0.05) is 158 Å². The van der Waals surface area contributed by atoms with Gasteiger partial charge in [0, 0.05) is 64.9 Å². The number of anilines is 6. The highest BCUT2D eigenvalue weighted by Gasteiger charge is 2.22. The van der Waals surface area contributed by atoms with E-state index in [1.807, 2.05) is 23.1 Å². The van der Waals surface area contributed by atoms with Crippen molar-refractivity contribution in [3.63, 3.8) is 0 Å². The standard InChI is InChI=1S/C61H44N2S2/c1-43-16-6-5-15-37-64-59-36-34-53(42-57(43)59)63(50-21-11-4-12-22-50)55-39-49(48-29-35-61-58(40-48)56-23-13-14-24-60(56)65-61)38-54(41-55)62(51-30-25-46(26-31-51)44-17-7-2-8-18-44)52-32-27-47(28-33-52)45-19-9-3-10-20-45/h2-36,38-42H,1,37H2/b15-5-,16-6-. The van der Waals surface area contributed by atoms with Crippen LogP contribution in [-0.2, 0) is 0 Å². The van der Waals surface area contributed by atoms with E-state index in [1.54, 1.807) is 0 Å². The maximum Gasteiger partial charge on any atom is 0.0488 e. The molecule has 0 bridgehead atoms. The van der Waals surface area contributed by atoms with Crippen LogP contribution in [0.4, 0.5) is 34.1 Å². The van der Waals surface area contributed by atoms with E-state index in [0.29, 0.717) is 0 Å². The zero-order valence-corrected chi connectivity index (χ0v) is 37.4. The quantitative estimate of drug-likeness (QED) is 0.143. The Morgan fingerprint density at radius 1 is 0.369 bits per heavy atom. The highest BCUT2D eigenvalue weighted by molar-refractivity contribution is 7.99. The van der Waals surface area contributed by atoms with Crippen LogP contribution in [0.5, 0.6) is 0 Å². The second kappa shape index (κ2) is 17.9. The number of rotatable bonds is 9. The highest BCUT2D eigenvalue weighted by atomic mass is 32.2. The molecule has 4 heteroatoms. The summed E-state index contributed by atoms with van der Waals surface area (Å²) in [4.78, 5) is 6.02. The van der Waals surface area contributed by atoms with Crippen LogP contribution in [0.3, 0.4) is 0 Å². The molecule has 10 aromatic rings. The Balaban J connectivity index is 1.14. The summed E-state index contributed by atoms with van der Waals surface area (Å²) in [5.74, 6) is 0.899. The number of benzene rings is 9. The fourth-order valence-electron chi connectivity index (χ4n) is 8.83. The predicted octanol–water partition coefficient (Wildman–Crippen LogP) is 18.2. The lowest BCUT2D eigenvalue weighted by atomic mass is 9.99. The van der Waals surface area contributed by atoms with Crippen molar-refractivity contribution in [3.05, 3.63) is 255 Å². The van der Waals surface area contributed by atoms with Gasteiger partial charge < -0.3 is 9.80 Å². The molecule has 0 fully saturated rings. The third kappa shape index (κ3) is 8.22. The third-order valence-corrected chi connectivity index (χ3v) is 14.2. The highest BCUT2D eigenvalue weighted by Crippen LogP contribution is 2.46. The molecule has 1 aromatic heterocycles. The molecular formula is C61H44N2S2. The van der Waals surface area contributed by atoms with E-state index in [9.17, 15) is 0 Å². The Bertz CT molecular complexity index is 3290. The molecule has 0 N–H and O–H groups in total. The van der Waals surface area contributed by atoms with Crippen LogP contribution in [0.25, 0.3) is 59.1 Å². The summed E-state index contributed by atoms with van der Waals surface area (Å²) in [6.07, 6.45) is 8.52. The fraction of sp³-hybridized carbons (Fsp3) is 0.0164. The van der Waals surface area contributed by atoms with Crippen LogP contribution in [0.2, 0.25) is 0 Å². The first-order valence-corrected chi connectivity index (χ1v) is 23.8. The molecule has 9 aromatic carbocycles. The summed E-state index contributed by atoms with van der Waals surface area (Å²) in [7, 11) is 0. The minimum Gasteiger partial charge on any atom is -0.310 e. The Morgan fingerprint density at radius 3 is 1.55 bits per heavy atom. The Labute approximate surface area is 389 Å². The minimum atomic E-state index is 0.899. The number of hydrogen-bond donors (Lipinski definition) is 0. The zero-order valence-electron chi connectivity index (χ0n) is 35.7. The molecule has 0 radical (unpaired) electrons. The molecule has 65 heavy (non-hydrogen) atoms. The van der Waals surface area contributed by atoms with Gasteiger partial charge in [0.25, 0.3) is 0 Å². The van der Waals surface area contributed by atoms with Crippen molar-refractivity contribution in [1.29, 1.82) is 0 Å². The van der Waals surface area contributed by atoms with Gasteiger partial charge in [-0.3, -0.25) is 0 Å². The van der Waals surface area contributed by atoms with Gasteiger partial charge in [-0.05, 0) is 136 Å². The first-order chi connectivity index (χ1) is 32.1. The van der Waals surface area contributed by atoms with Gasteiger partial charge in [0.1, 0.15) is 0 Å². The summed E-state index contributed by atoms with van der Waals surface area (Å²) in [6, 6.07) is 79.5. The summed E-state index contributed by atoms with van der Waals surface area (Å²) in [5, 5.41) is 2.56. The number of thiophene rings is 1. The van der Waals surface area contributed by atoms with Gasteiger partial charge in [-0.15, -0.1) is 23.1 Å². The molecule has 0 atom stereocenters. The number of hydrogen-bond acceptors (Lipinski definition) is 4. The number of allylic oxidation sites excluding steroid dienone is 4. The van der Waals surface area contributed by atoms with Crippen molar-refractivity contribution in [3.8, 4) is 33.4 Å². The van der Waals surface area contributed by atoms with E-state index >= 15 is 0 Å². The lowest BCUT2D eigenvalue weighted by Gasteiger charge is -2.31. The lowest BCUT2D eigenvalue weighted by Crippen LogP contribution is -2.14. The molecule has 0 unspecified atom stereocenters. The Hall–Kier alpha value is -7.63. The molecule has 0 saturated carbocycles. The summed E-state index contributed by atoms with van der Waals surface area (Å²) in [6.45, 7) is 4.54. The van der Waals surface area contributed by atoms with Crippen molar-refractivity contribution in [2.75, 3.05) is 15.6 Å². The molecule has 0 spiro atoms. The molecule has 2 nitrogen and oxygen atoms in total. The van der Waals surface area contributed by atoms with Crippen LogP contribution in [0.15, 0.2) is 254 Å².